The van der Waals surface area contributed by atoms with Gasteiger partial charge in [-0.05, 0) is 80.9 Å². The Morgan fingerprint density at radius 1 is 0.786 bits per heavy atom. The summed E-state index contributed by atoms with van der Waals surface area (Å²) in [4.78, 5) is 0. The summed E-state index contributed by atoms with van der Waals surface area (Å²) in [6, 6.07) is 2.32. The Bertz CT molecular complexity index is 660. The van der Waals surface area contributed by atoms with Crippen molar-refractivity contribution in [1.29, 1.82) is 0 Å². The first-order chi connectivity index (χ1) is 13.6. The fourth-order valence-corrected chi connectivity index (χ4v) is 4.90. The molecule has 2 aliphatic carbocycles. The van der Waals surface area contributed by atoms with Crippen molar-refractivity contribution in [3.63, 3.8) is 0 Å². The molecule has 3 heteroatoms. The second kappa shape index (κ2) is 10.4. The second-order valence-electron chi connectivity index (χ2n) is 8.85. The normalized spacial score (nSPS) is 27.9. The van der Waals surface area contributed by atoms with Crippen LogP contribution in [0.15, 0.2) is 12.1 Å². The average Bonchev–Trinajstić information content (AvgIpc) is 2.71. The quantitative estimate of drug-likeness (QED) is 0.274. The van der Waals surface area contributed by atoms with Gasteiger partial charge in [0.05, 0.1) is 0 Å². The first kappa shape index (κ1) is 21.3. The van der Waals surface area contributed by atoms with E-state index in [9.17, 15) is 13.2 Å². The van der Waals surface area contributed by atoms with E-state index in [1.165, 1.54) is 51.4 Å². The SMILES string of the molecule is CCCCC[C@H]1CC[C@H](C#CC2CCC(c3cc(F)c(F)c(F)c3)CC2)CC1. The number of benzene rings is 1. The van der Waals surface area contributed by atoms with E-state index >= 15 is 0 Å². The highest BCUT2D eigenvalue weighted by atomic mass is 19.2. The summed E-state index contributed by atoms with van der Waals surface area (Å²) < 4.78 is 40.1. The minimum absolute atomic E-state index is 0.112. The molecular formula is C25H33F3. The predicted octanol–water partition coefficient (Wildman–Crippen LogP) is 7.77. The zero-order chi connectivity index (χ0) is 19.9. The maximum atomic E-state index is 13.5. The molecule has 2 saturated carbocycles. The monoisotopic (exact) mass is 390 g/mol. The van der Waals surface area contributed by atoms with Crippen LogP contribution in [0.1, 0.15) is 95.5 Å². The molecule has 0 bridgehead atoms. The molecular weight excluding hydrogens is 357 g/mol. The maximum Gasteiger partial charge on any atom is 0.194 e. The summed E-state index contributed by atoms with van der Waals surface area (Å²) in [6.45, 7) is 2.26. The summed E-state index contributed by atoms with van der Waals surface area (Å²) in [5.74, 6) is 5.49. The second-order valence-corrected chi connectivity index (χ2v) is 8.85. The van der Waals surface area contributed by atoms with Crippen molar-refractivity contribution in [3.05, 3.63) is 35.1 Å². The third-order valence-corrected chi connectivity index (χ3v) is 6.76. The molecule has 28 heavy (non-hydrogen) atoms. The van der Waals surface area contributed by atoms with E-state index in [1.54, 1.807) is 0 Å². The van der Waals surface area contributed by atoms with Gasteiger partial charge >= 0.3 is 0 Å². The van der Waals surface area contributed by atoms with Gasteiger partial charge in [0.1, 0.15) is 0 Å². The molecule has 2 aliphatic rings. The zero-order valence-electron chi connectivity index (χ0n) is 17.1. The zero-order valence-corrected chi connectivity index (χ0v) is 17.1. The largest absolute Gasteiger partial charge is 0.204 e. The lowest BCUT2D eigenvalue weighted by molar-refractivity contribution is 0.294. The first-order valence-electron chi connectivity index (χ1n) is 11.2. The Labute approximate surface area is 168 Å². The van der Waals surface area contributed by atoms with Gasteiger partial charge in [-0.3, -0.25) is 0 Å². The molecule has 0 saturated heterocycles. The maximum absolute atomic E-state index is 13.5. The highest BCUT2D eigenvalue weighted by Crippen LogP contribution is 2.37. The van der Waals surface area contributed by atoms with Crippen molar-refractivity contribution < 1.29 is 13.2 Å². The van der Waals surface area contributed by atoms with Gasteiger partial charge in [0.2, 0.25) is 0 Å². The fraction of sp³-hybridized carbons (Fsp3) is 0.680. The number of rotatable bonds is 5. The highest BCUT2D eigenvalue weighted by Gasteiger charge is 2.24. The van der Waals surface area contributed by atoms with Crippen LogP contribution in [-0.2, 0) is 0 Å². The van der Waals surface area contributed by atoms with E-state index < -0.39 is 17.5 Å². The Morgan fingerprint density at radius 3 is 1.86 bits per heavy atom. The molecule has 3 rings (SSSR count). The van der Waals surface area contributed by atoms with Gasteiger partial charge < -0.3 is 0 Å². The molecule has 0 aromatic heterocycles. The van der Waals surface area contributed by atoms with Crippen LogP contribution in [0, 0.1) is 47.0 Å². The summed E-state index contributed by atoms with van der Waals surface area (Å²) >= 11 is 0. The van der Waals surface area contributed by atoms with E-state index in [0.717, 1.165) is 43.7 Å². The third-order valence-electron chi connectivity index (χ3n) is 6.76. The number of unbranched alkanes of at least 4 members (excludes halogenated alkanes) is 2. The molecule has 0 amide bonds. The van der Waals surface area contributed by atoms with Crippen molar-refractivity contribution in [3.8, 4) is 11.8 Å². The van der Waals surface area contributed by atoms with Gasteiger partial charge in [-0.2, -0.15) is 0 Å². The van der Waals surface area contributed by atoms with Gasteiger partial charge in [-0.25, -0.2) is 13.2 Å². The van der Waals surface area contributed by atoms with Crippen LogP contribution in [0.2, 0.25) is 0 Å². The van der Waals surface area contributed by atoms with E-state index in [4.69, 9.17) is 0 Å². The van der Waals surface area contributed by atoms with Crippen LogP contribution in [0.5, 0.6) is 0 Å². The number of hydrogen-bond donors (Lipinski definition) is 0. The molecule has 1 aromatic rings. The van der Waals surface area contributed by atoms with Crippen molar-refractivity contribution in [2.75, 3.05) is 0 Å². The molecule has 2 fully saturated rings. The van der Waals surface area contributed by atoms with Gasteiger partial charge in [0, 0.05) is 11.8 Å². The van der Waals surface area contributed by atoms with Crippen molar-refractivity contribution in [1.82, 2.24) is 0 Å². The Balaban J connectivity index is 1.43. The van der Waals surface area contributed by atoms with Crippen LogP contribution >= 0.6 is 0 Å². The summed E-state index contributed by atoms with van der Waals surface area (Å²) in [6.07, 6.45) is 14.2. The Kier molecular flexibility index (Phi) is 7.89. The lowest BCUT2D eigenvalue weighted by Gasteiger charge is -2.27. The number of halogens is 3. The lowest BCUT2D eigenvalue weighted by atomic mass is 9.77. The average molecular weight is 391 g/mol. The molecule has 0 nitrogen and oxygen atoms in total. The van der Waals surface area contributed by atoms with Gasteiger partial charge in [-0.15, -0.1) is 0 Å². The van der Waals surface area contributed by atoms with Crippen LogP contribution in [-0.4, -0.2) is 0 Å². The fourth-order valence-electron chi connectivity index (χ4n) is 4.90. The molecule has 0 N–H and O–H groups in total. The molecule has 1 aromatic carbocycles. The summed E-state index contributed by atoms with van der Waals surface area (Å²) in [5.41, 5.74) is 0.587. The Hall–Kier alpha value is -1.43. The lowest BCUT2D eigenvalue weighted by Crippen LogP contribution is -2.15. The van der Waals surface area contributed by atoms with Gasteiger partial charge in [0.25, 0.3) is 0 Å². The third kappa shape index (κ3) is 5.79. The molecule has 154 valence electrons. The van der Waals surface area contributed by atoms with E-state index in [0.29, 0.717) is 17.4 Å². The van der Waals surface area contributed by atoms with Crippen LogP contribution in [0.25, 0.3) is 0 Å². The van der Waals surface area contributed by atoms with Crippen LogP contribution in [0.4, 0.5) is 13.2 Å². The molecule has 0 heterocycles. The highest BCUT2D eigenvalue weighted by molar-refractivity contribution is 5.24. The molecule has 0 radical (unpaired) electrons. The standard InChI is InChI=1S/C25H33F3/c1-2-3-4-5-18-6-8-19(9-7-18)10-11-20-12-14-21(15-13-20)22-16-23(26)25(28)24(27)17-22/h16-21H,2-9,12-15H2,1H3/t18-,19-,20?,21?. The minimum atomic E-state index is -1.37. The summed E-state index contributed by atoms with van der Waals surface area (Å²) in [7, 11) is 0. The Morgan fingerprint density at radius 2 is 1.32 bits per heavy atom. The van der Waals surface area contributed by atoms with Gasteiger partial charge in [0.15, 0.2) is 17.5 Å². The van der Waals surface area contributed by atoms with Crippen molar-refractivity contribution in [2.45, 2.75) is 89.9 Å². The van der Waals surface area contributed by atoms with Crippen molar-refractivity contribution in [2.24, 2.45) is 17.8 Å². The summed E-state index contributed by atoms with van der Waals surface area (Å²) in [5, 5.41) is 0. The smallest absolute Gasteiger partial charge is 0.194 e. The van der Waals surface area contributed by atoms with E-state index in [-0.39, 0.29) is 5.92 Å². The van der Waals surface area contributed by atoms with Crippen LogP contribution in [0.3, 0.4) is 0 Å². The van der Waals surface area contributed by atoms with E-state index in [1.807, 2.05) is 0 Å². The molecule has 0 unspecified atom stereocenters. The molecule has 0 aliphatic heterocycles. The molecule has 0 spiro atoms. The number of hydrogen-bond acceptors (Lipinski definition) is 0. The van der Waals surface area contributed by atoms with Crippen molar-refractivity contribution >= 4 is 0 Å². The van der Waals surface area contributed by atoms with E-state index in [2.05, 4.69) is 18.8 Å². The first-order valence-corrected chi connectivity index (χ1v) is 11.2. The van der Waals surface area contributed by atoms with Crippen LogP contribution < -0.4 is 0 Å². The predicted molar refractivity (Wildman–Crippen MR) is 108 cm³/mol. The van der Waals surface area contributed by atoms with Gasteiger partial charge in [-0.1, -0.05) is 44.4 Å². The minimum Gasteiger partial charge on any atom is -0.204 e. The topological polar surface area (TPSA) is 0 Å². The molecule has 0 atom stereocenters.